The van der Waals surface area contributed by atoms with Crippen molar-refractivity contribution in [3.8, 4) is 28.7 Å². The van der Waals surface area contributed by atoms with E-state index in [9.17, 15) is 4.79 Å². The van der Waals surface area contributed by atoms with Gasteiger partial charge in [-0.05, 0) is 83.8 Å². The van der Waals surface area contributed by atoms with Gasteiger partial charge in [-0.2, -0.15) is 5.10 Å². The number of rotatable bonds is 15. The summed E-state index contributed by atoms with van der Waals surface area (Å²) >= 11 is 0. The molecule has 234 valence electrons. The Kier molecular flexibility index (Phi) is 11.3. The van der Waals surface area contributed by atoms with Crippen LogP contribution in [0.1, 0.15) is 39.5 Å². The van der Waals surface area contributed by atoms with E-state index < -0.39 is 0 Å². The molecule has 0 heterocycles. The zero-order valence-electron chi connectivity index (χ0n) is 25.8. The first kappa shape index (κ1) is 31.7. The topological polar surface area (TPSA) is 87.6 Å². The standard InChI is InChI=1S/C38H36N2O6/c1-3-43-37-22-31(16-20-35(37)46-26-30-12-8-5-9-13-30)27-44-33-18-14-28(15-19-33)24-39-40-38(41)32-17-21-34(36(23-32)42-2)45-25-29-10-6-4-7-11-29/h4-24H,3,25-27H2,1-2H3,(H,40,41)/b39-24+. The zero-order chi connectivity index (χ0) is 32.0. The molecule has 0 aromatic heterocycles. The van der Waals surface area contributed by atoms with Gasteiger partial charge in [0.1, 0.15) is 25.6 Å². The van der Waals surface area contributed by atoms with Crippen molar-refractivity contribution in [3.63, 3.8) is 0 Å². The Bertz CT molecular complexity index is 1720. The second-order valence-corrected chi connectivity index (χ2v) is 10.2. The van der Waals surface area contributed by atoms with Gasteiger partial charge in [0, 0.05) is 5.56 Å². The molecule has 0 atom stereocenters. The third kappa shape index (κ3) is 9.12. The smallest absolute Gasteiger partial charge is 0.271 e. The molecule has 46 heavy (non-hydrogen) atoms. The molecule has 1 amide bonds. The SMILES string of the molecule is CCOc1cc(COc2ccc(/C=N/NC(=O)c3ccc(OCc4ccccc4)c(OC)c3)cc2)ccc1OCc1ccccc1. The molecule has 0 fully saturated rings. The van der Waals surface area contributed by atoms with Crippen molar-refractivity contribution in [2.24, 2.45) is 5.10 Å². The summed E-state index contributed by atoms with van der Waals surface area (Å²) in [7, 11) is 1.54. The van der Waals surface area contributed by atoms with Crippen LogP contribution in [0.15, 0.2) is 126 Å². The van der Waals surface area contributed by atoms with Crippen LogP contribution >= 0.6 is 0 Å². The third-order valence-corrected chi connectivity index (χ3v) is 6.87. The van der Waals surface area contributed by atoms with Crippen molar-refractivity contribution < 1.29 is 28.5 Å². The number of carbonyl (C=O) groups is 1. The fraction of sp³-hybridized carbons (Fsp3) is 0.158. The number of hydrogen-bond donors (Lipinski definition) is 1. The van der Waals surface area contributed by atoms with Crippen LogP contribution in [0.2, 0.25) is 0 Å². The molecule has 0 saturated heterocycles. The molecular weight excluding hydrogens is 580 g/mol. The van der Waals surface area contributed by atoms with Crippen LogP contribution in [0.4, 0.5) is 0 Å². The van der Waals surface area contributed by atoms with Crippen molar-refractivity contribution in [3.05, 3.63) is 149 Å². The van der Waals surface area contributed by atoms with Crippen molar-refractivity contribution in [1.82, 2.24) is 5.43 Å². The van der Waals surface area contributed by atoms with E-state index in [1.54, 1.807) is 24.4 Å². The maximum absolute atomic E-state index is 12.7. The van der Waals surface area contributed by atoms with Crippen LogP contribution in [0, 0.1) is 0 Å². The molecule has 0 spiro atoms. The summed E-state index contributed by atoms with van der Waals surface area (Å²) in [5.41, 5.74) is 6.83. The van der Waals surface area contributed by atoms with E-state index in [1.165, 1.54) is 7.11 Å². The molecular formula is C38H36N2O6. The summed E-state index contributed by atoms with van der Waals surface area (Å²) in [5, 5.41) is 4.10. The minimum Gasteiger partial charge on any atom is -0.493 e. The number of benzene rings is 5. The Balaban J connectivity index is 1.11. The van der Waals surface area contributed by atoms with Gasteiger partial charge in [0.15, 0.2) is 23.0 Å². The van der Waals surface area contributed by atoms with Crippen molar-refractivity contribution in [1.29, 1.82) is 0 Å². The normalized spacial score (nSPS) is 10.7. The molecule has 5 aromatic carbocycles. The predicted molar refractivity (Wildman–Crippen MR) is 178 cm³/mol. The lowest BCUT2D eigenvalue weighted by molar-refractivity contribution is 0.0954. The maximum atomic E-state index is 12.7. The first-order valence-electron chi connectivity index (χ1n) is 14.9. The molecule has 1 N–H and O–H groups in total. The molecule has 0 radical (unpaired) electrons. The Morgan fingerprint density at radius 3 is 1.87 bits per heavy atom. The van der Waals surface area contributed by atoms with Gasteiger partial charge in [0.25, 0.3) is 5.91 Å². The Labute approximate surface area is 269 Å². The van der Waals surface area contributed by atoms with Crippen molar-refractivity contribution in [2.75, 3.05) is 13.7 Å². The Hall–Kier alpha value is -5.76. The molecule has 0 aliphatic carbocycles. The molecule has 0 unspecified atom stereocenters. The van der Waals surface area contributed by atoms with Gasteiger partial charge < -0.3 is 23.7 Å². The van der Waals surface area contributed by atoms with E-state index in [1.807, 2.05) is 110 Å². The number of amides is 1. The second-order valence-electron chi connectivity index (χ2n) is 10.2. The highest BCUT2D eigenvalue weighted by molar-refractivity contribution is 5.95. The molecule has 5 aromatic rings. The minimum absolute atomic E-state index is 0.363. The molecule has 8 nitrogen and oxygen atoms in total. The van der Waals surface area contributed by atoms with Crippen LogP contribution < -0.4 is 29.1 Å². The van der Waals surface area contributed by atoms with E-state index in [4.69, 9.17) is 23.7 Å². The van der Waals surface area contributed by atoms with Crippen LogP contribution in [-0.2, 0) is 19.8 Å². The highest BCUT2D eigenvalue weighted by Gasteiger charge is 2.12. The number of nitrogens with zero attached hydrogens (tertiary/aromatic N) is 1. The quantitative estimate of drug-likeness (QED) is 0.0963. The fourth-order valence-corrected chi connectivity index (χ4v) is 4.48. The summed E-state index contributed by atoms with van der Waals surface area (Å²) in [4.78, 5) is 12.7. The third-order valence-electron chi connectivity index (χ3n) is 6.87. The number of hydrogen-bond acceptors (Lipinski definition) is 7. The Morgan fingerprint density at radius 2 is 1.24 bits per heavy atom. The molecule has 0 bridgehead atoms. The molecule has 0 aliphatic heterocycles. The summed E-state index contributed by atoms with van der Waals surface area (Å²) in [5.74, 6) is 2.71. The minimum atomic E-state index is -0.369. The average molecular weight is 617 g/mol. The maximum Gasteiger partial charge on any atom is 0.271 e. The number of hydrazone groups is 1. The molecule has 8 heteroatoms. The van der Waals surface area contributed by atoms with Crippen molar-refractivity contribution >= 4 is 12.1 Å². The number of methoxy groups -OCH3 is 1. The second kappa shape index (κ2) is 16.4. The summed E-state index contributed by atoms with van der Waals surface area (Å²) < 4.78 is 29.1. The Morgan fingerprint density at radius 1 is 0.630 bits per heavy atom. The summed E-state index contributed by atoms with van der Waals surface area (Å²) in [6.07, 6.45) is 1.57. The largest absolute Gasteiger partial charge is 0.493 e. The van der Waals surface area contributed by atoms with Crippen LogP contribution in [0.25, 0.3) is 0 Å². The highest BCUT2D eigenvalue weighted by atomic mass is 16.5. The summed E-state index contributed by atoms with van der Waals surface area (Å²) in [6, 6.07) is 38.1. The fourth-order valence-electron chi connectivity index (χ4n) is 4.48. The van der Waals surface area contributed by atoms with Crippen LogP contribution in [-0.4, -0.2) is 25.8 Å². The average Bonchev–Trinajstić information content (AvgIpc) is 3.11. The lowest BCUT2D eigenvalue weighted by Gasteiger charge is -2.14. The molecule has 0 saturated carbocycles. The monoisotopic (exact) mass is 616 g/mol. The highest BCUT2D eigenvalue weighted by Crippen LogP contribution is 2.30. The lowest BCUT2D eigenvalue weighted by Crippen LogP contribution is -2.17. The number of nitrogens with one attached hydrogen (secondary N) is 1. The first-order valence-corrected chi connectivity index (χ1v) is 14.9. The van der Waals surface area contributed by atoms with E-state index in [-0.39, 0.29) is 5.91 Å². The lowest BCUT2D eigenvalue weighted by atomic mass is 10.2. The van der Waals surface area contributed by atoms with Crippen LogP contribution in [0.5, 0.6) is 28.7 Å². The first-order chi connectivity index (χ1) is 22.6. The van der Waals surface area contributed by atoms with E-state index in [0.29, 0.717) is 60.7 Å². The van der Waals surface area contributed by atoms with E-state index >= 15 is 0 Å². The summed E-state index contributed by atoms with van der Waals surface area (Å²) in [6.45, 7) is 3.69. The molecule has 5 rings (SSSR count). The van der Waals surface area contributed by atoms with Gasteiger partial charge in [-0.15, -0.1) is 0 Å². The predicted octanol–water partition coefficient (Wildman–Crippen LogP) is 7.59. The van der Waals surface area contributed by atoms with Gasteiger partial charge >= 0.3 is 0 Å². The van der Waals surface area contributed by atoms with Gasteiger partial charge in [-0.3, -0.25) is 4.79 Å². The van der Waals surface area contributed by atoms with E-state index in [2.05, 4.69) is 10.5 Å². The number of carbonyl (C=O) groups excluding carboxylic acids is 1. The van der Waals surface area contributed by atoms with Gasteiger partial charge in [0.2, 0.25) is 0 Å². The van der Waals surface area contributed by atoms with Gasteiger partial charge in [-0.25, -0.2) is 5.43 Å². The van der Waals surface area contributed by atoms with Gasteiger partial charge in [0.05, 0.1) is 19.9 Å². The number of ether oxygens (including phenoxy) is 5. The zero-order valence-corrected chi connectivity index (χ0v) is 25.8. The van der Waals surface area contributed by atoms with E-state index in [0.717, 1.165) is 22.3 Å². The molecule has 0 aliphatic rings. The van der Waals surface area contributed by atoms with Gasteiger partial charge in [-0.1, -0.05) is 66.7 Å². The van der Waals surface area contributed by atoms with Crippen LogP contribution in [0.3, 0.4) is 0 Å². The van der Waals surface area contributed by atoms with Crippen molar-refractivity contribution in [2.45, 2.75) is 26.7 Å².